The number of benzene rings is 2. The summed E-state index contributed by atoms with van der Waals surface area (Å²) < 4.78 is 52.7. The number of amides is 1. The van der Waals surface area contributed by atoms with E-state index in [0.29, 0.717) is 0 Å². The number of hydrogen-bond donors (Lipinski definition) is 4. The van der Waals surface area contributed by atoms with E-state index in [1.807, 2.05) is 30.3 Å². The number of imidazole rings is 1. The second-order valence-electron chi connectivity index (χ2n) is 15.0. The van der Waals surface area contributed by atoms with Gasteiger partial charge in [0, 0.05) is 5.41 Å². The number of rotatable bonds is 13. The summed E-state index contributed by atoms with van der Waals surface area (Å²) in [5.41, 5.74) is -0.0331. The van der Waals surface area contributed by atoms with Gasteiger partial charge >= 0.3 is 16.3 Å². The van der Waals surface area contributed by atoms with Crippen molar-refractivity contribution in [2.45, 2.75) is 97.2 Å². The molecule has 4 aromatic rings. The van der Waals surface area contributed by atoms with E-state index in [4.69, 9.17) is 24.1 Å². The Labute approximate surface area is 326 Å². The van der Waals surface area contributed by atoms with E-state index >= 15 is 0 Å². The Morgan fingerprint density at radius 1 is 0.982 bits per heavy atom. The molecule has 5 atom stereocenters. The van der Waals surface area contributed by atoms with Crippen molar-refractivity contribution < 1.29 is 46.6 Å². The zero-order valence-electron chi connectivity index (χ0n) is 32.8. The summed E-state index contributed by atoms with van der Waals surface area (Å²) in [6.45, 7) is 17.8. The zero-order chi connectivity index (χ0) is 41.3. The first-order valence-corrected chi connectivity index (χ1v) is 19.7. The normalized spacial score (nSPS) is 23.1. The molecule has 18 heteroatoms. The van der Waals surface area contributed by atoms with Crippen LogP contribution in [0.3, 0.4) is 0 Å². The molecule has 304 valence electrons. The highest BCUT2D eigenvalue weighted by atomic mass is 32.2. The van der Waals surface area contributed by atoms with Crippen LogP contribution >= 0.6 is 0 Å². The number of para-hydroxylation sites is 1. The molecule has 2 aliphatic rings. The first-order valence-electron chi connectivity index (χ1n) is 18.3. The van der Waals surface area contributed by atoms with Crippen molar-refractivity contribution in [2.75, 3.05) is 25.4 Å². The van der Waals surface area contributed by atoms with Crippen LogP contribution in [0.15, 0.2) is 67.3 Å². The number of fused-ring (bicyclic) bond motifs is 2. The maximum atomic E-state index is 13.7. The average Bonchev–Trinajstić information content (AvgIpc) is 3.49. The largest absolute Gasteiger partial charge is 0.488 e. The van der Waals surface area contributed by atoms with E-state index in [1.54, 1.807) is 10.8 Å². The van der Waals surface area contributed by atoms with Crippen molar-refractivity contribution in [3.05, 3.63) is 78.4 Å². The Hall–Kier alpha value is -4.72. The minimum Gasteiger partial charge on any atom is -0.488 e. The van der Waals surface area contributed by atoms with Crippen molar-refractivity contribution in [2.24, 2.45) is 5.41 Å². The molecular formula is C38H51N7O10S. The number of esters is 1. The standard InChI is InChI=1S/C32H36N6O10S.C6H15N/c1-29(2,3)47-27(40)22(48-49(43,44)37-26(39)19-13-9-10-14-20(19)45-15-18-11-7-6-8-12-18)23-31(41)30(4,5)32(31,42)28(46-23)38-17-36-21-24(33)34-16-35-25(21)38;1-4-7(5-2)6-3/h6-14,16-17,22-23,28,41-42H,15H2,1-5H3,(H,37,39)(H2,33,34,35);4-6H2,1-3H3/t22?,23-,28-,31+,32-;/m1./s1. The van der Waals surface area contributed by atoms with Crippen LogP contribution in [0.5, 0.6) is 5.75 Å². The van der Waals surface area contributed by atoms with E-state index in [0.717, 1.165) is 5.56 Å². The number of anilines is 1. The van der Waals surface area contributed by atoms with Crippen molar-refractivity contribution >= 4 is 39.2 Å². The van der Waals surface area contributed by atoms with Gasteiger partial charge in [-0.3, -0.25) is 9.36 Å². The molecule has 2 aromatic carbocycles. The van der Waals surface area contributed by atoms with E-state index < -0.39 is 62.8 Å². The molecule has 5 N–H and O–H groups in total. The summed E-state index contributed by atoms with van der Waals surface area (Å²) >= 11 is 0. The van der Waals surface area contributed by atoms with Gasteiger partial charge in [0.05, 0.1) is 11.9 Å². The van der Waals surface area contributed by atoms with Gasteiger partial charge in [-0.05, 0) is 58.1 Å². The van der Waals surface area contributed by atoms with E-state index in [9.17, 15) is 28.2 Å². The van der Waals surface area contributed by atoms with Gasteiger partial charge in [0.15, 0.2) is 17.7 Å². The molecule has 6 rings (SSSR count). The van der Waals surface area contributed by atoms with Crippen molar-refractivity contribution in [3.8, 4) is 5.75 Å². The van der Waals surface area contributed by atoms with Gasteiger partial charge in [-0.15, -0.1) is 0 Å². The third-order valence-electron chi connectivity index (χ3n) is 10.2. The molecule has 0 bridgehead atoms. The molecule has 2 aromatic heterocycles. The predicted molar refractivity (Wildman–Crippen MR) is 205 cm³/mol. The van der Waals surface area contributed by atoms with E-state index in [-0.39, 0.29) is 34.9 Å². The SMILES string of the molecule is CC(C)(C)OC(=O)C(OS(=O)(=O)NC(=O)c1ccccc1OCc1ccccc1)[C@H]1O[C@@H](n2cnc3c(N)ncnc32)[C@@]2(O)C(C)(C)[C@@]12O.CCN(CC)CC. The third-order valence-corrected chi connectivity index (χ3v) is 11.1. The Morgan fingerprint density at radius 3 is 2.21 bits per heavy atom. The lowest BCUT2D eigenvalue weighted by Crippen LogP contribution is -2.52. The molecule has 1 amide bonds. The first-order chi connectivity index (χ1) is 26.3. The number of nitrogens with zero attached hydrogens (tertiary/aromatic N) is 5. The average molecular weight is 798 g/mol. The Balaban J connectivity index is 0.000000784. The fourth-order valence-electron chi connectivity index (χ4n) is 6.99. The van der Waals surface area contributed by atoms with Crippen molar-refractivity contribution in [1.29, 1.82) is 0 Å². The van der Waals surface area contributed by atoms with Gasteiger partial charge in [-0.2, -0.15) is 8.42 Å². The zero-order valence-corrected chi connectivity index (χ0v) is 33.6. The summed E-state index contributed by atoms with van der Waals surface area (Å²) in [7, 11) is -5.14. The van der Waals surface area contributed by atoms with Crippen LogP contribution < -0.4 is 15.2 Å². The molecule has 56 heavy (non-hydrogen) atoms. The fraction of sp³-hybridized carbons (Fsp3) is 0.500. The van der Waals surface area contributed by atoms with E-state index in [1.165, 1.54) is 89.7 Å². The van der Waals surface area contributed by atoms with Gasteiger partial charge in [-0.1, -0.05) is 77.1 Å². The highest BCUT2D eigenvalue weighted by Crippen LogP contribution is 2.76. The lowest BCUT2D eigenvalue weighted by molar-refractivity contribution is -0.184. The molecule has 3 heterocycles. The minimum absolute atomic E-state index is 0.0412. The number of ether oxygens (including phenoxy) is 3. The predicted octanol–water partition coefficient (Wildman–Crippen LogP) is 3.14. The minimum atomic E-state index is -5.14. The molecular weight excluding hydrogens is 747 g/mol. The van der Waals surface area contributed by atoms with Gasteiger partial charge in [0.1, 0.15) is 47.1 Å². The lowest BCUT2D eigenvalue weighted by Gasteiger charge is -2.32. The number of carbonyl (C=O) groups excluding carboxylic acids is 2. The van der Waals surface area contributed by atoms with Crippen LogP contribution in [0.1, 0.15) is 77.5 Å². The highest BCUT2D eigenvalue weighted by Gasteiger charge is 2.94. The molecule has 17 nitrogen and oxygen atoms in total. The van der Waals surface area contributed by atoms with Crippen LogP contribution in [0.25, 0.3) is 11.2 Å². The van der Waals surface area contributed by atoms with Crippen LogP contribution in [-0.4, -0.2) is 104 Å². The molecule has 2 fully saturated rings. The smallest absolute Gasteiger partial charge is 0.363 e. The summed E-state index contributed by atoms with van der Waals surface area (Å²) in [4.78, 5) is 41.6. The second-order valence-corrected chi connectivity index (χ2v) is 16.3. The first kappa shape index (κ1) is 42.4. The van der Waals surface area contributed by atoms with Gasteiger partial charge in [0.2, 0.25) is 6.10 Å². The Bertz CT molecular complexity index is 2130. The molecule has 0 spiro atoms. The number of hydrogen-bond acceptors (Lipinski definition) is 15. The topological polar surface area (TPSA) is 231 Å². The van der Waals surface area contributed by atoms with Crippen LogP contribution in [0, 0.1) is 5.41 Å². The molecule has 1 unspecified atom stereocenters. The molecule has 1 aliphatic carbocycles. The lowest BCUT2D eigenvalue weighted by atomic mass is 9.97. The number of aliphatic hydroxyl groups is 2. The highest BCUT2D eigenvalue weighted by molar-refractivity contribution is 7.85. The van der Waals surface area contributed by atoms with Crippen molar-refractivity contribution in [1.82, 2.24) is 29.1 Å². The number of nitrogens with one attached hydrogen (secondary N) is 1. The molecule has 0 radical (unpaired) electrons. The number of carbonyl (C=O) groups is 2. The van der Waals surface area contributed by atoms with Crippen LogP contribution in [0.4, 0.5) is 5.82 Å². The van der Waals surface area contributed by atoms with E-state index in [2.05, 4.69) is 40.6 Å². The van der Waals surface area contributed by atoms with Gasteiger partial charge < -0.3 is 35.1 Å². The maximum Gasteiger partial charge on any atom is 0.363 e. The van der Waals surface area contributed by atoms with Crippen molar-refractivity contribution in [3.63, 3.8) is 0 Å². The van der Waals surface area contributed by atoms with Gasteiger partial charge in [-0.25, -0.2) is 28.7 Å². The monoisotopic (exact) mass is 797 g/mol. The summed E-state index contributed by atoms with van der Waals surface area (Å²) in [6.07, 6.45) is -3.10. The summed E-state index contributed by atoms with van der Waals surface area (Å²) in [5.74, 6) is -2.25. The number of aromatic nitrogens is 4. The molecule has 1 aliphatic heterocycles. The molecule has 1 saturated heterocycles. The summed E-state index contributed by atoms with van der Waals surface area (Å²) in [6, 6.07) is 15.1. The second kappa shape index (κ2) is 16.0. The number of nitrogens with two attached hydrogens (primary N) is 1. The van der Waals surface area contributed by atoms with Crippen LogP contribution in [-0.2, 0) is 35.4 Å². The quantitative estimate of drug-likeness (QED) is 0.142. The summed E-state index contributed by atoms with van der Waals surface area (Å²) in [5, 5.41) is 24.0. The van der Waals surface area contributed by atoms with Gasteiger partial charge in [0.25, 0.3) is 5.91 Å². The number of nitrogen functional groups attached to an aromatic ring is 1. The molecule has 1 saturated carbocycles. The van der Waals surface area contributed by atoms with Crippen LogP contribution in [0.2, 0.25) is 0 Å². The third kappa shape index (κ3) is 7.94. The maximum absolute atomic E-state index is 13.7. The Kier molecular flexibility index (Phi) is 12.1. The fourth-order valence-corrected chi connectivity index (χ4v) is 7.83. The Morgan fingerprint density at radius 2 is 1.61 bits per heavy atom.